The highest BCUT2D eigenvalue weighted by atomic mass is 35.5. The van der Waals surface area contributed by atoms with E-state index in [1.54, 1.807) is 0 Å². The van der Waals surface area contributed by atoms with Gasteiger partial charge in [-0.25, -0.2) is 0 Å². The third-order valence-corrected chi connectivity index (χ3v) is 7.90. The van der Waals surface area contributed by atoms with Gasteiger partial charge in [0, 0.05) is 16.8 Å². The lowest BCUT2D eigenvalue weighted by Crippen LogP contribution is -2.25. The molecule has 0 aliphatic heterocycles. The van der Waals surface area contributed by atoms with E-state index in [9.17, 15) is 0 Å². The van der Waals surface area contributed by atoms with E-state index < -0.39 is 0 Å². The molecule has 1 aromatic heterocycles. The van der Waals surface area contributed by atoms with Crippen molar-refractivity contribution in [3.63, 3.8) is 0 Å². The lowest BCUT2D eigenvalue weighted by Gasteiger charge is -2.37. The molecule has 4 rings (SSSR count). The molecule has 0 amide bonds. The maximum atomic E-state index is 5.99. The van der Waals surface area contributed by atoms with Gasteiger partial charge in [-0.05, 0) is 106 Å². The molecule has 2 saturated carbocycles. The van der Waals surface area contributed by atoms with Gasteiger partial charge in [-0.1, -0.05) is 54.8 Å². The fourth-order valence-electron chi connectivity index (χ4n) is 5.76. The summed E-state index contributed by atoms with van der Waals surface area (Å²) in [6.07, 6.45) is 20.8. The Balaban J connectivity index is 1.20. The van der Waals surface area contributed by atoms with E-state index in [1.807, 2.05) is 24.3 Å². The van der Waals surface area contributed by atoms with Crippen LogP contribution in [0.25, 0.3) is 11.3 Å². The second-order valence-corrected chi connectivity index (χ2v) is 10.0. The fourth-order valence-corrected chi connectivity index (χ4v) is 5.89. The maximum absolute atomic E-state index is 5.99. The van der Waals surface area contributed by atoms with Gasteiger partial charge in [0.2, 0.25) is 0 Å². The summed E-state index contributed by atoms with van der Waals surface area (Å²) < 4.78 is 0. The summed E-state index contributed by atoms with van der Waals surface area (Å²) in [6, 6.07) is 12.3. The lowest BCUT2D eigenvalue weighted by molar-refractivity contribution is 0.152. The standard InChI is InChI=1S/C28H36ClN/c1-2-3-21-6-11-24(12-7-21)25-13-8-22(9-14-25)4-5-23-10-19-28(30-20-23)26-15-17-27(29)18-16-26/h2-3,10,15-22,24-25H,4-9,11-14H2,1H3/b3-2+/t21-,22?,24-,25?. The van der Waals surface area contributed by atoms with E-state index in [-0.39, 0.29) is 0 Å². The van der Waals surface area contributed by atoms with E-state index >= 15 is 0 Å². The van der Waals surface area contributed by atoms with Crippen molar-refractivity contribution in [1.82, 2.24) is 4.98 Å². The van der Waals surface area contributed by atoms with Crippen LogP contribution in [-0.4, -0.2) is 4.98 Å². The molecule has 160 valence electrons. The largest absolute Gasteiger partial charge is 0.256 e. The molecule has 2 aliphatic rings. The number of aromatic nitrogens is 1. The van der Waals surface area contributed by atoms with Gasteiger partial charge in [0.05, 0.1) is 5.69 Å². The molecule has 2 aliphatic carbocycles. The Morgan fingerprint density at radius 2 is 1.53 bits per heavy atom. The predicted molar refractivity (Wildman–Crippen MR) is 129 cm³/mol. The average Bonchev–Trinajstić information content (AvgIpc) is 2.80. The van der Waals surface area contributed by atoms with Crippen LogP contribution < -0.4 is 0 Å². The van der Waals surface area contributed by atoms with Gasteiger partial charge in [-0.15, -0.1) is 0 Å². The highest BCUT2D eigenvalue weighted by molar-refractivity contribution is 6.30. The van der Waals surface area contributed by atoms with Crippen molar-refractivity contribution in [1.29, 1.82) is 0 Å². The number of nitrogens with zero attached hydrogens (tertiary/aromatic N) is 1. The van der Waals surface area contributed by atoms with Gasteiger partial charge in [-0.2, -0.15) is 0 Å². The van der Waals surface area contributed by atoms with Crippen LogP contribution in [0.4, 0.5) is 0 Å². The second kappa shape index (κ2) is 10.6. The molecule has 1 nitrogen and oxygen atoms in total. The summed E-state index contributed by atoms with van der Waals surface area (Å²) in [7, 11) is 0. The Labute approximate surface area is 188 Å². The molecule has 0 radical (unpaired) electrons. The number of hydrogen-bond acceptors (Lipinski definition) is 1. The van der Waals surface area contributed by atoms with Crippen LogP contribution in [0.15, 0.2) is 54.7 Å². The van der Waals surface area contributed by atoms with E-state index in [1.165, 1.54) is 63.4 Å². The van der Waals surface area contributed by atoms with E-state index in [0.717, 1.165) is 46.4 Å². The smallest absolute Gasteiger partial charge is 0.0702 e. The van der Waals surface area contributed by atoms with Crippen LogP contribution in [0.2, 0.25) is 5.02 Å². The highest BCUT2D eigenvalue weighted by Gasteiger charge is 2.30. The van der Waals surface area contributed by atoms with E-state index in [0.29, 0.717) is 0 Å². The lowest BCUT2D eigenvalue weighted by atomic mass is 9.68. The van der Waals surface area contributed by atoms with Crippen LogP contribution in [0.1, 0.15) is 70.3 Å². The third-order valence-electron chi connectivity index (χ3n) is 7.65. The first-order valence-electron chi connectivity index (χ1n) is 12.0. The zero-order valence-electron chi connectivity index (χ0n) is 18.4. The SMILES string of the molecule is C/C=C/[C@H]1CC[C@H](C2CCC(CCc3ccc(-c4ccc(Cl)cc4)nc3)CC2)CC1. The molecule has 0 atom stereocenters. The number of rotatable bonds is 6. The first-order chi connectivity index (χ1) is 14.7. The minimum Gasteiger partial charge on any atom is -0.256 e. The summed E-state index contributed by atoms with van der Waals surface area (Å²) in [5.41, 5.74) is 3.53. The molecule has 0 saturated heterocycles. The molecule has 0 unspecified atom stereocenters. The summed E-state index contributed by atoms with van der Waals surface area (Å²) >= 11 is 5.99. The molecule has 0 bridgehead atoms. The Morgan fingerprint density at radius 1 is 0.867 bits per heavy atom. The van der Waals surface area contributed by atoms with Crippen LogP contribution in [0.3, 0.4) is 0 Å². The second-order valence-electron chi connectivity index (χ2n) is 9.58. The van der Waals surface area contributed by atoms with Crippen molar-refractivity contribution in [3.8, 4) is 11.3 Å². The number of allylic oxidation sites excluding steroid dienone is 2. The molecule has 2 heteroatoms. The summed E-state index contributed by atoms with van der Waals surface area (Å²) in [5, 5.41) is 0.770. The van der Waals surface area contributed by atoms with Gasteiger partial charge < -0.3 is 0 Å². The third kappa shape index (κ3) is 5.76. The molecular formula is C28H36ClN. The first-order valence-corrected chi connectivity index (χ1v) is 12.4. The van der Waals surface area contributed by atoms with Gasteiger partial charge in [0.25, 0.3) is 0 Å². The quantitative estimate of drug-likeness (QED) is 0.426. The van der Waals surface area contributed by atoms with Crippen LogP contribution in [0.5, 0.6) is 0 Å². The highest BCUT2D eigenvalue weighted by Crippen LogP contribution is 2.42. The average molecular weight is 422 g/mol. The Kier molecular flexibility index (Phi) is 7.66. The van der Waals surface area contributed by atoms with Crippen molar-refractivity contribution < 1.29 is 0 Å². The van der Waals surface area contributed by atoms with Crippen LogP contribution >= 0.6 is 11.6 Å². The molecule has 1 aromatic carbocycles. The van der Waals surface area contributed by atoms with Crippen molar-refractivity contribution in [2.75, 3.05) is 0 Å². The minimum atomic E-state index is 0.770. The zero-order chi connectivity index (χ0) is 20.8. The Morgan fingerprint density at radius 3 is 2.13 bits per heavy atom. The van der Waals surface area contributed by atoms with Gasteiger partial charge in [0.1, 0.15) is 0 Å². The van der Waals surface area contributed by atoms with Gasteiger partial charge in [0.15, 0.2) is 0 Å². The number of benzene rings is 1. The Hall–Kier alpha value is -1.60. The zero-order valence-corrected chi connectivity index (χ0v) is 19.2. The maximum Gasteiger partial charge on any atom is 0.0702 e. The molecular weight excluding hydrogens is 386 g/mol. The van der Waals surface area contributed by atoms with Crippen LogP contribution in [-0.2, 0) is 6.42 Å². The topological polar surface area (TPSA) is 12.9 Å². The van der Waals surface area contributed by atoms with Crippen molar-refractivity contribution in [3.05, 3.63) is 65.3 Å². The van der Waals surface area contributed by atoms with E-state index in [2.05, 4.69) is 42.4 Å². The summed E-state index contributed by atoms with van der Waals surface area (Å²) in [6.45, 7) is 2.16. The van der Waals surface area contributed by atoms with Crippen molar-refractivity contribution in [2.45, 2.75) is 71.1 Å². The molecule has 2 aromatic rings. The Bertz CT molecular complexity index is 792. The molecule has 30 heavy (non-hydrogen) atoms. The normalized spacial score (nSPS) is 27.4. The summed E-state index contributed by atoms with van der Waals surface area (Å²) in [4.78, 5) is 4.69. The number of halogens is 1. The number of aryl methyl sites for hydroxylation is 1. The predicted octanol–water partition coefficient (Wildman–Crippen LogP) is 8.52. The molecule has 2 fully saturated rings. The van der Waals surface area contributed by atoms with Crippen LogP contribution in [0, 0.1) is 23.7 Å². The minimum absolute atomic E-state index is 0.770. The monoisotopic (exact) mass is 421 g/mol. The number of pyridine rings is 1. The number of hydrogen-bond donors (Lipinski definition) is 0. The summed E-state index contributed by atoms with van der Waals surface area (Å²) in [5.74, 6) is 3.80. The van der Waals surface area contributed by atoms with Gasteiger partial charge in [-0.3, -0.25) is 4.98 Å². The molecule has 1 heterocycles. The molecule has 0 N–H and O–H groups in total. The van der Waals surface area contributed by atoms with Crippen molar-refractivity contribution in [2.24, 2.45) is 23.7 Å². The van der Waals surface area contributed by atoms with Gasteiger partial charge >= 0.3 is 0 Å². The fraction of sp³-hybridized carbons (Fsp3) is 0.536. The molecule has 0 spiro atoms. The van der Waals surface area contributed by atoms with E-state index in [4.69, 9.17) is 11.6 Å². The van der Waals surface area contributed by atoms with Crippen molar-refractivity contribution >= 4 is 11.6 Å². The first kappa shape index (κ1) is 21.6.